The van der Waals surface area contributed by atoms with Gasteiger partial charge in [0.05, 0.1) is 28.5 Å². The highest BCUT2D eigenvalue weighted by molar-refractivity contribution is 5.92. The second-order valence-electron chi connectivity index (χ2n) is 6.42. The summed E-state index contributed by atoms with van der Waals surface area (Å²) in [6.45, 7) is 1.90. The fourth-order valence-corrected chi connectivity index (χ4v) is 3.31. The molecule has 0 atom stereocenters. The maximum absolute atomic E-state index is 12.3. The number of rotatable bonds is 2. The smallest absolute Gasteiger partial charge is 0.191 e. The number of aryl methyl sites for hydroxylation is 1. The second-order valence-corrected chi connectivity index (χ2v) is 6.42. The summed E-state index contributed by atoms with van der Waals surface area (Å²) in [4.78, 5) is 32.0. The lowest BCUT2D eigenvalue weighted by Crippen LogP contribution is -2.03. The molecule has 6 nitrogen and oxygen atoms in total. The first-order valence-corrected chi connectivity index (χ1v) is 8.59. The van der Waals surface area contributed by atoms with Crippen molar-refractivity contribution in [2.45, 2.75) is 6.92 Å². The average molecular weight is 353 g/mol. The van der Waals surface area contributed by atoms with Crippen LogP contribution in [0, 0.1) is 6.92 Å². The van der Waals surface area contributed by atoms with Crippen molar-refractivity contribution in [3.05, 3.63) is 77.1 Å². The SMILES string of the molecule is Cc1ncc(-c2nc3[nH]ccc(=O)c3cc2-c2ccc3ncccc3c2)[nH]1. The molecule has 0 bridgehead atoms. The van der Waals surface area contributed by atoms with E-state index in [0.29, 0.717) is 11.0 Å². The van der Waals surface area contributed by atoms with Gasteiger partial charge in [0.1, 0.15) is 11.5 Å². The predicted octanol–water partition coefficient (Wildman–Crippen LogP) is 3.84. The van der Waals surface area contributed by atoms with E-state index in [1.165, 1.54) is 6.07 Å². The van der Waals surface area contributed by atoms with Crippen molar-refractivity contribution in [2.24, 2.45) is 0 Å². The average Bonchev–Trinajstić information content (AvgIpc) is 3.13. The Morgan fingerprint density at radius 1 is 1.04 bits per heavy atom. The third-order valence-electron chi connectivity index (χ3n) is 4.61. The highest BCUT2D eigenvalue weighted by Gasteiger charge is 2.15. The first-order valence-electron chi connectivity index (χ1n) is 8.59. The van der Waals surface area contributed by atoms with Gasteiger partial charge in [0.25, 0.3) is 0 Å². The van der Waals surface area contributed by atoms with Gasteiger partial charge in [0.2, 0.25) is 0 Å². The molecule has 4 heterocycles. The fraction of sp³-hybridized carbons (Fsp3) is 0.0476. The van der Waals surface area contributed by atoms with E-state index in [-0.39, 0.29) is 5.43 Å². The Bertz CT molecular complexity index is 1370. The highest BCUT2D eigenvalue weighted by Crippen LogP contribution is 2.32. The molecule has 0 fully saturated rings. The lowest BCUT2D eigenvalue weighted by molar-refractivity contribution is 1.15. The van der Waals surface area contributed by atoms with Crippen LogP contribution in [0.15, 0.2) is 65.8 Å². The Morgan fingerprint density at radius 2 is 1.96 bits per heavy atom. The van der Waals surface area contributed by atoms with Crippen LogP contribution < -0.4 is 5.43 Å². The zero-order valence-corrected chi connectivity index (χ0v) is 14.5. The fourth-order valence-electron chi connectivity index (χ4n) is 3.31. The first-order chi connectivity index (χ1) is 13.2. The molecule has 1 aromatic carbocycles. The Hall–Kier alpha value is -3.80. The normalized spacial score (nSPS) is 11.3. The van der Waals surface area contributed by atoms with Crippen LogP contribution in [0.5, 0.6) is 0 Å². The standard InChI is InChI=1S/C21H15N5O/c1-12-24-11-18(25-12)20-15(10-16-19(27)6-8-23-21(16)26-20)13-4-5-17-14(9-13)3-2-7-22-17/h2-11H,1H3,(H,24,25)(H,23,26,27). The van der Waals surface area contributed by atoms with E-state index in [2.05, 4.69) is 26.0 Å². The summed E-state index contributed by atoms with van der Waals surface area (Å²) in [5, 5.41) is 1.59. The minimum absolute atomic E-state index is 0.0627. The van der Waals surface area contributed by atoms with Crippen molar-refractivity contribution in [1.82, 2.24) is 24.9 Å². The molecule has 27 heavy (non-hydrogen) atoms. The van der Waals surface area contributed by atoms with Crippen LogP contribution >= 0.6 is 0 Å². The summed E-state index contributed by atoms with van der Waals surface area (Å²) in [5.74, 6) is 0.808. The van der Waals surface area contributed by atoms with E-state index in [9.17, 15) is 4.79 Å². The molecule has 6 heteroatoms. The number of imidazole rings is 1. The molecule has 0 spiro atoms. The minimum atomic E-state index is -0.0627. The van der Waals surface area contributed by atoms with E-state index < -0.39 is 0 Å². The van der Waals surface area contributed by atoms with Gasteiger partial charge < -0.3 is 9.97 Å². The molecule has 0 saturated carbocycles. The van der Waals surface area contributed by atoms with Gasteiger partial charge in [-0.15, -0.1) is 0 Å². The molecule has 2 N–H and O–H groups in total. The molecule has 5 aromatic rings. The zero-order valence-electron chi connectivity index (χ0n) is 14.5. The summed E-state index contributed by atoms with van der Waals surface area (Å²) in [7, 11) is 0. The van der Waals surface area contributed by atoms with Crippen LogP contribution in [0.4, 0.5) is 0 Å². The van der Waals surface area contributed by atoms with Crippen LogP contribution in [-0.4, -0.2) is 24.9 Å². The molecule has 0 radical (unpaired) electrons. The molecular formula is C21H15N5O. The number of benzene rings is 1. The molecule has 130 valence electrons. The summed E-state index contributed by atoms with van der Waals surface area (Å²) in [6.07, 6.45) is 5.15. The number of nitrogens with one attached hydrogen (secondary N) is 2. The second kappa shape index (κ2) is 5.88. The van der Waals surface area contributed by atoms with Crippen molar-refractivity contribution in [3.63, 3.8) is 0 Å². The van der Waals surface area contributed by atoms with Gasteiger partial charge in [0, 0.05) is 29.4 Å². The molecule has 0 unspecified atom stereocenters. The van der Waals surface area contributed by atoms with Gasteiger partial charge in [-0.1, -0.05) is 12.1 Å². The van der Waals surface area contributed by atoms with Crippen molar-refractivity contribution >= 4 is 21.9 Å². The van der Waals surface area contributed by atoms with Crippen molar-refractivity contribution < 1.29 is 0 Å². The largest absolute Gasteiger partial charge is 0.346 e. The topological polar surface area (TPSA) is 87.3 Å². The predicted molar refractivity (Wildman–Crippen MR) is 105 cm³/mol. The molecule has 0 amide bonds. The number of hydrogen-bond acceptors (Lipinski definition) is 4. The summed E-state index contributed by atoms with van der Waals surface area (Å²) in [5.41, 5.74) is 4.80. The van der Waals surface area contributed by atoms with Gasteiger partial charge in [-0.3, -0.25) is 9.78 Å². The molecule has 5 rings (SSSR count). The number of nitrogens with zero attached hydrogens (tertiary/aromatic N) is 3. The third-order valence-corrected chi connectivity index (χ3v) is 4.61. The van der Waals surface area contributed by atoms with Gasteiger partial charge in [-0.2, -0.15) is 0 Å². The number of aromatic amines is 2. The van der Waals surface area contributed by atoms with Crippen LogP contribution in [-0.2, 0) is 0 Å². The Kier molecular flexibility index (Phi) is 3.36. The number of aromatic nitrogens is 5. The van der Waals surface area contributed by atoms with Crippen LogP contribution in [0.2, 0.25) is 0 Å². The molecular weight excluding hydrogens is 338 g/mol. The number of pyridine rings is 3. The summed E-state index contributed by atoms with van der Waals surface area (Å²) >= 11 is 0. The molecule has 4 aromatic heterocycles. The van der Waals surface area contributed by atoms with Gasteiger partial charge in [0.15, 0.2) is 5.43 Å². The maximum atomic E-state index is 12.3. The highest BCUT2D eigenvalue weighted by atomic mass is 16.1. The van der Waals surface area contributed by atoms with Crippen molar-refractivity contribution in [3.8, 4) is 22.5 Å². The molecule has 0 aliphatic carbocycles. The number of fused-ring (bicyclic) bond motifs is 2. The van der Waals surface area contributed by atoms with Crippen LogP contribution in [0.25, 0.3) is 44.5 Å². The third kappa shape index (κ3) is 2.58. The quantitative estimate of drug-likeness (QED) is 0.505. The molecule has 0 aliphatic rings. The number of hydrogen-bond donors (Lipinski definition) is 2. The molecule has 0 saturated heterocycles. The lowest BCUT2D eigenvalue weighted by Gasteiger charge is -2.10. The monoisotopic (exact) mass is 353 g/mol. The van der Waals surface area contributed by atoms with Gasteiger partial charge >= 0.3 is 0 Å². The Balaban J connectivity index is 1.85. The van der Waals surface area contributed by atoms with Crippen molar-refractivity contribution in [1.29, 1.82) is 0 Å². The van der Waals surface area contributed by atoms with E-state index in [1.807, 2.05) is 37.3 Å². The minimum Gasteiger partial charge on any atom is -0.346 e. The van der Waals surface area contributed by atoms with E-state index in [0.717, 1.165) is 39.2 Å². The van der Waals surface area contributed by atoms with E-state index in [4.69, 9.17) is 4.98 Å². The molecule has 0 aliphatic heterocycles. The van der Waals surface area contributed by atoms with Gasteiger partial charge in [-0.25, -0.2) is 9.97 Å². The first kappa shape index (κ1) is 15.5. The number of H-pyrrole nitrogens is 2. The van der Waals surface area contributed by atoms with Crippen LogP contribution in [0.3, 0.4) is 0 Å². The van der Waals surface area contributed by atoms with Gasteiger partial charge in [-0.05, 0) is 36.8 Å². The maximum Gasteiger partial charge on any atom is 0.191 e. The Morgan fingerprint density at radius 3 is 2.81 bits per heavy atom. The van der Waals surface area contributed by atoms with Crippen LogP contribution in [0.1, 0.15) is 5.82 Å². The Labute approximate surface area is 154 Å². The zero-order chi connectivity index (χ0) is 18.4. The summed E-state index contributed by atoms with van der Waals surface area (Å²) < 4.78 is 0. The van der Waals surface area contributed by atoms with E-state index >= 15 is 0 Å². The summed E-state index contributed by atoms with van der Waals surface area (Å²) in [6, 6.07) is 13.4. The lowest BCUT2D eigenvalue weighted by atomic mass is 9.99. The van der Waals surface area contributed by atoms with Crippen molar-refractivity contribution in [2.75, 3.05) is 0 Å². The van der Waals surface area contributed by atoms with E-state index in [1.54, 1.807) is 18.6 Å².